The number of ether oxygens (including phenoxy) is 1. The first-order valence-corrected chi connectivity index (χ1v) is 8.04. The molecule has 1 atom stereocenters. The lowest BCUT2D eigenvalue weighted by atomic mass is 10.0. The molecule has 0 amide bonds. The molecule has 1 fully saturated rings. The molecule has 0 aliphatic carbocycles. The van der Waals surface area contributed by atoms with E-state index in [9.17, 15) is 13.5 Å². The number of rotatable bonds is 4. The van der Waals surface area contributed by atoms with Crippen LogP contribution in [0, 0.1) is 6.92 Å². The first-order valence-electron chi connectivity index (χ1n) is 5.67. The molecule has 1 saturated heterocycles. The molecule has 1 aromatic rings. The fourth-order valence-corrected chi connectivity index (χ4v) is 5.17. The van der Waals surface area contributed by atoms with Crippen molar-refractivity contribution in [1.82, 2.24) is 4.72 Å². The third-order valence-corrected chi connectivity index (χ3v) is 6.09. The number of aliphatic hydroxyl groups is 1. The van der Waals surface area contributed by atoms with Crippen molar-refractivity contribution in [3.63, 3.8) is 0 Å². The minimum Gasteiger partial charge on any atom is -0.391 e. The lowest BCUT2D eigenvalue weighted by Crippen LogP contribution is -2.46. The standard InChI is InChI=1S/C11H17NO4S2/c1-8-6-17-9(5-13)10(8)18(14,15)12-11(2)3-4-16-7-11/h6,12-13H,3-5,7H2,1-2H3. The molecule has 0 radical (unpaired) electrons. The third-order valence-electron chi connectivity index (χ3n) is 3.00. The van der Waals surface area contributed by atoms with Gasteiger partial charge in [-0.25, -0.2) is 13.1 Å². The van der Waals surface area contributed by atoms with Crippen LogP contribution in [0.25, 0.3) is 0 Å². The molecule has 102 valence electrons. The highest BCUT2D eigenvalue weighted by Crippen LogP contribution is 2.29. The van der Waals surface area contributed by atoms with Crippen molar-refractivity contribution in [1.29, 1.82) is 0 Å². The van der Waals surface area contributed by atoms with Gasteiger partial charge in [-0.3, -0.25) is 0 Å². The fraction of sp³-hybridized carbons (Fsp3) is 0.636. The van der Waals surface area contributed by atoms with Gasteiger partial charge in [0.15, 0.2) is 0 Å². The molecule has 0 aromatic carbocycles. The predicted molar refractivity (Wildman–Crippen MR) is 69.1 cm³/mol. The maximum absolute atomic E-state index is 12.4. The van der Waals surface area contributed by atoms with Crippen molar-refractivity contribution in [3.8, 4) is 0 Å². The largest absolute Gasteiger partial charge is 0.391 e. The summed E-state index contributed by atoms with van der Waals surface area (Å²) in [6.07, 6.45) is 0.657. The SMILES string of the molecule is Cc1csc(CO)c1S(=O)(=O)NC1(C)CCOC1. The van der Waals surface area contributed by atoms with Gasteiger partial charge in [-0.05, 0) is 31.2 Å². The van der Waals surface area contributed by atoms with Gasteiger partial charge in [-0.1, -0.05) is 0 Å². The number of hydrogen-bond donors (Lipinski definition) is 2. The van der Waals surface area contributed by atoms with Crippen LogP contribution < -0.4 is 4.72 Å². The molecule has 2 heterocycles. The van der Waals surface area contributed by atoms with Crippen LogP contribution in [0.3, 0.4) is 0 Å². The van der Waals surface area contributed by atoms with E-state index >= 15 is 0 Å². The van der Waals surface area contributed by atoms with Crippen LogP contribution >= 0.6 is 11.3 Å². The summed E-state index contributed by atoms with van der Waals surface area (Å²) in [5.41, 5.74) is 0.110. The lowest BCUT2D eigenvalue weighted by Gasteiger charge is -2.23. The molecular weight excluding hydrogens is 274 g/mol. The minimum absolute atomic E-state index is 0.211. The summed E-state index contributed by atoms with van der Waals surface area (Å²) in [5, 5.41) is 11.0. The van der Waals surface area contributed by atoms with Crippen LogP contribution in [0.2, 0.25) is 0 Å². The van der Waals surface area contributed by atoms with Crippen molar-refractivity contribution in [3.05, 3.63) is 15.8 Å². The number of hydrogen-bond acceptors (Lipinski definition) is 5. The zero-order valence-electron chi connectivity index (χ0n) is 10.4. The van der Waals surface area contributed by atoms with Crippen molar-refractivity contribution >= 4 is 21.4 Å². The Bertz CT molecular complexity index is 529. The number of thiophene rings is 1. The maximum atomic E-state index is 12.4. The van der Waals surface area contributed by atoms with Gasteiger partial charge in [0.1, 0.15) is 4.90 Å². The zero-order valence-corrected chi connectivity index (χ0v) is 12.0. The molecule has 2 rings (SSSR count). The Balaban J connectivity index is 2.33. The molecule has 0 bridgehead atoms. The van der Waals surface area contributed by atoms with Crippen molar-refractivity contribution in [2.75, 3.05) is 13.2 Å². The van der Waals surface area contributed by atoms with E-state index in [1.54, 1.807) is 12.3 Å². The van der Waals surface area contributed by atoms with Gasteiger partial charge in [-0.15, -0.1) is 11.3 Å². The summed E-state index contributed by atoms with van der Waals surface area (Å²) in [6.45, 7) is 4.25. The van der Waals surface area contributed by atoms with Gasteiger partial charge < -0.3 is 9.84 Å². The van der Waals surface area contributed by atoms with E-state index in [1.807, 2.05) is 6.92 Å². The molecule has 2 N–H and O–H groups in total. The average molecular weight is 291 g/mol. The van der Waals surface area contributed by atoms with Gasteiger partial charge in [-0.2, -0.15) is 0 Å². The van der Waals surface area contributed by atoms with Crippen molar-refractivity contribution in [2.24, 2.45) is 0 Å². The Morgan fingerprint density at radius 2 is 2.33 bits per heavy atom. The zero-order chi connectivity index (χ0) is 13.4. The predicted octanol–water partition coefficient (Wildman–Crippen LogP) is 1.01. The number of nitrogens with one attached hydrogen (secondary N) is 1. The van der Waals surface area contributed by atoms with E-state index in [0.29, 0.717) is 30.1 Å². The maximum Gasteiger partial charge on any atom is 0.242 e. The Morgan fingerprint density at radius 3 is 2.89 bits per heavy atom. The van der Waals surface area contributed by atoms with E-state index in [-0.39, 0.29) is 11.5 Å². The Kier molecular flexibility index (Phi) is 3.80. The van der Waals surface area contributed by atoms with E-state index < -0.39 is 15.6 Å². The molecule has 1 unspecified atom stereocenters. The van der Waals surface area contributed by atoms with Crippen LogP contribution in [-0.2, 0) is 21.4 Å². The quantitative estimate of drug-likeness (QED) is 0.868. The average Bonchev–Trinajstić information content (AvgIpc) is 2.84. The molecule has 1 aliphatic heterocycles. The van der Waals surface area contributed by atoms with Gasteiger partial charge in [0.05, 0.1) is 23.6 Å². The summed E-state index contributed by atoms with van der Waals surface area (Å²) in [6, 6.07) is 0. The molecular formula is C11H17NO4S2. The van der Waals surface area contributed by atoms with E-state index in [1.165, 1.54) is 11.3 Å². The second-order valence-corrected chi connectivity index (χ2v) is 7.38. The number of sulfonamides is 1. The highest BCUT2D eigenvalue weighted by Gasteiger charge is 2.36. The molecule has 0 spiro atoms. The van der Waals surface area contributed by atoms with Gasteiger partial charge >= 0.3 is 0 Å². The molecule has 0 saturated carbocycles. The number of aliphatic hydroxyl groups excluding tert-OH is 1. The summed E-state index contributed by atoms with van der Waals surface area (Å²) >= 11 is 1.26. The minimum atomic E-state index is -3.61. The summed E-state index contributed by atoms with van der Waals surface area (Å²) < 4.78 is 32.7. The second-order valence-electron chi connectivity index (χ2n) is 4.80. The Hall–Kier alpha value is -0.470. The first kappa shape index (κ1) is 14.0. The monoisotopic (exact) mass is 291 g/mol. The summed E-state index contributed by atoms with van der Waals surface area (Å²) in [7, 11) is -3.61. The third kappa shape index (κ3) is 2.60. The normalized spacial score (nSPS) is 24.6. The highest BCUT2D eigenvalue weighted by molar-refractivity contribution is 7.89. The van der Waals surface area contributed by atoms with Crippen LogP contribution in [-0.4, -0.2) is 32.3 Å². The van der Waals surface area contributed by atoms with Gasteiger partial charge in [0, 0.05) is 6.61 Å². The lowest BCUT2D eigenvalue weighted by molar-refractivity contribution is 0.178. The molecule has 7 heteroatoms. The van der Waals surface area contributed by atoms with Gasteiger partial charge in [0.2, 0.25) is 10.0 Å². The molecule has 1 aromatic heterocycles. The first-order chi connectivity index (χ1) is 8.38. The van der Waals surface area contributed by atoms with E-state index in [0.717, 1.165) is 0 Å². The van der Waals surface area contributed by atoms with Crippen molar-refractivity contribution in [2.45, 2.75) is 37.3 Å². The Morgan fingerprint density at radius 1 is 1.61 bits per heavy atom. The van der Waals surface area contributed by atoms with Gasteiger partial charge in [0.25, 0.3) is 0 Å². The Labute approximate surface area is 111 Å². The summed E-state index contributed by atoms with van der Waals surface area (Å²) in [5.74, 6) is 0. The number of aryl methyl sites for hydroxylation is 1. The topological polar surface area (TPSA) is 75.6 Å². The van der Waals surface area contributed by atoms with E-state index in [2.05, 4.69) is 4.72 Å². The summed E-state index contributed by atoms with van der Waals surface area (Å²) in [4.78, 5) is 0.686. The van der Waals surface area contributed by atoms with Crippen LogP contribution in [0.4, 0.5) is 0 Å². The molecule has 5 nitrogen and oxygen atoms in total. The molecule has 18 heavy (non-hydrogen) atoms. The highest BCUT2D eigenvalue weighted by atomic mass is 32.2. The smallest absolute Gasteiger partial charge is 0.242 e. The second kappa shape index (κ2) is 4.90. The fourth-order valence-electron chi connectivity index (χ4n) is 2.08. The molecule has 1 aliphatic rings. The van der Waals surface area contributed by atoms with Crippen LogP contribution in [0.15, 0.2) is 10.3 Å². The van der Waals surface area contributed by atoms with Crippen LogP contribution in [0.5, 0.6) is 0 Å². The van der Waals surface area contributed by atoms with Crippen molar-refractivity contribution < 1.29 is 18.3 Å². The van der Waals surface area contributed by atoms with E-state index in [4.69, 9.17) is 4.74 Å². The van der Waals surface area contributed by atoms with Crippen LogP contribution in [0.1, 0.15) is 23.8 Å².